The van der Waals surface area contributed by atoms with Crippen LogP contribution in [0.5, 0.6) is 0 Å². The Labute approximate surface area is 70.5 Å². The number of hydrogen-bond acceptors (Lipinski definition) is 2. The van der Waals surface area contributed by atoms with Crippen LogP contribution < -0.4 is 5.32 Å². The van der Waals surface area contributed by atoms with Crippen molar-refractivity contribution >= 4 is 22.9 Å². The molecule has 1 fully saturated rings. The van der Waals surface area contributed by atoms with Crippen LogP contribution in [0.2, 0.25) is 0 Å². The molecule has 0 spiro atoms. The number of nitrogens with zero attached hydrogens (tertiary/aromatic N) is 1. The molecule has 0 bridgehead atoms. The molecule has 1 heterocycles. The highest BCUT2D eigenvalue weighted by atomic mass is 127. The maximum Gasteiger partial charge on any atom is 0.0319 e. The summed E-state index contributed by atoms with van der Waals surface area (Å²) in [4.78, 5) is 0. The van der Waals surface area contributed by atoms with Crippen LogP contribution in [0.25, 0.3) is 0 Å². The molecular formula is C6H13IN2. The molecular weight excluding hydrogens is 227 g/mol. The molecule has 1 atom stereocenters. The first kappa shape index (κ1) is 7.75. The number of hydrogen-bond donors (Lipinski definition) is 1. The highest BCUT2D eigenvalue weighted by Crippen LogP contribution is 2.19. The van der Waals surface area contributed by atoms with Gasteiger partial charge in [-0.05, 0) is 19.9 Å². The van der Waals surface area contributed by atoms with E-state index in [2.05, 4.69) is 31.3 Å². The van der Waals surface area contributed by atoms with Crippen molar-refractivity contribution in [3.63, 3.8) is 0 Å². The molecule has 0 amide bonds. The predicted molar refractivity (Wildman–Crippen MR) is 47.7 cm³/mol. The van der Waals surface area contributed by atoms with Crippen LogP contribution in [0.1, 0.15) is 12.8 Å². The Morgan fingerprint density at radius 2 is 2.56 bits per heavy atom. The van der Waals surface area contributed by atoms with Crippen LogP contribution in [-0.2, 0) is 0 Å². The molecule has 1 rings (SSSR count). The molecule has 0 aliphatic carbocycles. The number of likely N-dealkylation sites (N-methyl/N-ethyl adjacent to an activating group) is 1. The zero-order valence-electron chi connectivity index (χ0n) is 5.73. The average molecular weight is 240 g/mol. The second-order valence-corrected chi connectivity index (χ2v) is 3.72. The molecule has 54 valence electrons. The van der Waals surface area contributed by atoms with E-state index in [9.17, 15) is 0 Å². The third-order valence-corrected chi connectivity index (χ3v) is 3.02. The van der Waals surface area contributed by atoms with Crippen LogP contribution in [0.3, 0.4) is 0 Å². The molecule has 1 aliphatic rings. The first-order chi connectivity index (χ1) is 4.34. The second kappa shape index (κ2) is 3.73. The van der Waals surface area contributed by atoms with E-state index in [0.717, 1.165) is 12.6 Å². The quantitative estimate of drug-likeness (QED) is 0.572. The molecule has 0 aromatic heterocycles. The van der Waals surface area contributed by atoms with Crippen molar-refractivity contribution in [2.24, 2.45) is 0 Å². The Bertz CT molecular complexity index is 87.1. The van der Waals surface area contributed by atoms with Crippen molar-refractivity contribution in [2.45, 2.75) is 18.9 Å². The van der Waals surface area contributed by atoms with Crippen molar-refractivity contribution in [1.29, 1.82) is 0 Å². The predicted octanol–water partition coefficient (Wildman–Crippen LogP) is 1.02. The first-order valence-electron chi connectivity index (χ1n) is 3.41. The molecule has 1 N–H and O–H groups in total. The van der Waals surface area contributed by atoms with Gasteiger partial charge < -0.3 is 5.32 Å². The Morgan fingerprint density at radius 3 is 3.00 bits per heavy atom. The minimum Gasteiger partial charge on any atom is -0.318 e. The van der Waals surface area contributed by atoms with Gasteiger partial charge in [0.05, 0.1) is 0 Å². The molecule has 3 heteroatoms. The summed E-state index contributed by atoms with van der Waals surface area (Å²) in [5.74, 6) is 0. The third-order valence-electron chi connectivity index (χ3n) is 1.75. The molecule has 0 radical (unpaired) electrons. The molecule has 0 unspecified atom stereocenters. The summed E-state index contributed by atoms with van der Waals surface area (Å²) in [6.45, 7) is 2.41. The van der Waals surface area contributed by atoms with Gasteiger partial charge in [-0.25, -0.2) is 3.11 Å². The third kappa shape index (κ3) is 2.05. The Balaban J connectivity index is 2.22. The monoisotopic (exact) mass is 240 g/mol. The van der Waals surface area contributed by atoms with Gasteiger partial charge in [0.15, 0.2) is 0 Å². The van der Waals surface area contributed by atoms with E-state index in [4.69, 9.17) is 0 Å². The largest absolute Gasteiger partial charge is 0.318 e. The fraction of sp³-hybridized carbons (Fsp3) is 1.00. The van der Waals surface area contributed by atoms with Crippen molar-refractivity contribution in [2.75, 3.05) is 20.1 Å². The molecule has 0 saturated carbocycles. The standard InChI is InChI=1S/C6H13IN2/c1-8-5-6-3-2-4-9(6)7/h6,8H,2-5H2,1H3/t6-/m0/s1. The van der Waals surface area contributed by atoms with Crippen LogP contribution in [-0.4, -0.2) is 29.3 Å². The fourth-order valence-corrected chi connectivity index (χ4v) is 2.05. The Hall–Kier alpha value is 0.650. The minimum atomic E-state index is 0.788. The lowest BCUT2D eigenvalue weighted by Crippen LogP contribution is -2.30. The van der Waals surface area contributed by atoms with Crippen molar-refractivity contribution in [3.05, 3.63) is 0 Å². The molecule has 0 aromatic rings. The normalized spacial score (nSPS) is 29.3. The van der Waals surface area contributed by atoms with Crippen molar-refractivity contribution in [1.82, 2.24) is 8.43 Å². The van der Waals surface area contributed by atoms with Gasteiger partial charge in [0.1, 0.15) is 0 Å². The average Bonchev–Trinajstić information content (AvgIpc) is 2.18. The maximum absolute atomic E-state index is 3.19. The minimum absolute atomic E-state index is 0.788. The zero-order valence-corrected chi connectivity index (χ0v) is 7.89. The first-order valence-corrected chi connectivity index (χ1v) is 4.38. The summed E-state index contributed by atoms with van der Waals surface area (Å²) in [6, 6.07) is 0.788. The van der Waals surface area contributed by atoms with E-state index < -0.39 is 0 Å². The van der Waals surface area contributed by atoms with E-state index >= 15 is 0 Å². The second-order valence-electron chi connectivity index (χ2n) is 2.48. The summed E-state index contributed by atoms with van der Waals surface area (Å²) in [5.41, 5.74) is 0. The molecule has 0 aromatic carbocycles. The van der Waals surface area contributed by atoms with Gasteiger partial charge in [0, 0.05) is 42.0 Å². The zero-order chi connectivity index (χ0) is 6.69. The van der Waals surface area contributed by atoms with Gasteiger partial charge in [-0.2, -0.15) is 0 Å². The van der Waals surface area contributed by atoms with Crippen LogP contribution in [0.4, 0.5) is 0 Å². The summed E-state index contributed by atoms with van der Waals surface area (Å²) < 4.78 is 2.40. The lowest BCUT2D eigenvalue weighted by molar-refractivity contribution is 0.452. The van der Waals surface area contributed by atoms with E-state index in [0.29, 0.717) is 0 Å². The van der Waals surface area contributed by atoms with Gasteiger partial charge in [-0.1, -0.05) is 0 Å². The topological polar surface area (TPSA) is 15.3 Å². The SMILES string of the molecule is CNC[C@@H]1CCCN1I. The lowest BCUT2D eigenvalue weighted by Gasteiger charge is -2.15. The Kier molecular flexibility index (Phi) is 3.21. The van der Waals surface area contributed by atoms with Gasteiger partial charge in [0.25, 0.3) is 0 Å². The van der Waals surface area contributed by atoms with E-state index in [1.165, 1.54) is 19.4 Å². The van der Waals surface area contributed by atoms with Crippen LogP contribution in [0.15, 0.2) is 0 Å². The maximum atomic E-state index is 3.19. The van der Waals surface area contributed by atoms with Gasteiger partial charge >= 0.3 is 0 Å². The molecule has 1 aliphatic heterocycles. The Morgan fingerprint density at radius 1 is 1.78 bits per heavy atom. The van der Waals surface area contributed by atoms with Gasteiger partial charge in [-0.15, -0.1) is 0 Å². The van der Waals surface area contributed by atoms with Crippen molar-refractivity contribution < 1.29 is 0 Å². The number of rotatable bonds is 2. The van der Waals surface area contributed by atoms with E-state index in [1.54, 1.807) is 0 Å². The number of nitrogens with one attached hydrogen (secondary N) is 1. The highest BCUT2D eigenvalue weighted by molar-refractivity contribution is 14.1. The van der Waals surface area contributed by atoms with E-state index in [1.807, 2.05) is 7.05 Å². The fourth-order valence-electron chi connectivity index (χ4n) is 1.24. The highest BCUT2D eigenvalue weighted by Gasteiger charge is 2.20. The number of halogens is 1. The summed E-state index contributed by atoms with van der Waals surface area (Å²) in [5, 5.41) is 3.19. The smallest absolute Gasteiger partial charge is 0.0319 e. The molecule has 9 heavy (non-hydrogen) atoms. The van der Waals surface area contributed by atoms with Gasteiger partial charge in [-0.3, -0.25) is 0 Å². The lowest BCUT2D eigenvalue weighted by atomic mass is 10.2. The summed E-state index contributed by atoms with van der Waals surface area (Å²) in [6.07, 6.45) is 2.74. The van der Waals surface area contributed by atoms with Gasteiger partial charge in [0.2, 0.25) is 0 Å². The van der Waals surface area contributed by atoms with Crippen LogP contribution >= 0.6 is 22.9 Å². The van der Waals surface area contributed by atoms with Crippen molar-refractivity contribution in [3.8, 4) is 0 Å². The molecule has 2 nitrogen and oxygen atoms in total. The summed E-state index contributed by atoms with van der Waals surface area (Å²) in [7, 11) is 2.02. The van der Waals surface area contributed by atoms with E-state index in [-0.39, 0.29) is 0 Å². The summed E-state index contributed by atoms with van der Waals surface area (Å²) >= 11 is 2.41. The van der Waals surface area contributed by atoms with Crippen LogP contribution in [0, 0.1) is 0 Å². The molecule has 1 saturated heterocycles.